The summed E-state index contributed by atoms with van der Waals surface area (Å²) in [5.41, 5.74) is 1.68. The van der Waals surface area contributed by atoms with Gasteiger partial charge in [-0.05, 0) is 50.7 Å². The Kier molecular flexibility index (Phi) is 6.53. The smallest absolute Gasteiger partial charge is 0.248 e. The third-order valence-corrected chi connectivity index (χ3v) is 5.73. The van der Waals surface area contributed by atoms with Crippen molar-refractivity contribution in [2.45, 2.75) is 18.9 Å². The van der Waals surface area contributed by atoms with Gasteiger partial charge in [0, 0.05) is 29.3 Å². The molecular formula is C23H23ClFN5O2. The van der Waals surface area contributed by atoms with Crippen LogP contribution in [0, 0.1) is 5.82 Å². The second-order valence-electron chi connectivity index (χ2n) is 7.58. The Balaban J connectivity index is 1.62. The molecule has 9 heteroatoms. The van der Waals surface area contributed by atoms with Crippen molar-refractivity contribution < 1.29 is 13.9 Å². The largest absolute Gasteiger partial charge is 0.494 e. The Morgan fingerprint density at radius 1 is 1.31 bits per heavy atom. The van der Waals surface area contributed by atoms with Gasteiger partial charge in [-0.15, -0.1) is 0 Å². The van der Waals surface area contributed by atoms with E-state index in [-0.39, 0.29) is 17.0 Å². The number of likely N-dealkylation sites (N-methyl/N-ethyl adjacent to an activating group) is 1. The predicted octanol–water partition coefficient (Wildman–Crippen LogP) is 4.76. The summed E-state index contributed by atoms with van der Waals surface area (Å²) < 4.78 is 18.9. The number of aromatic nitrogens is 2. The molecule has 1 saturated heterocycles. The fraction of sp³-hybridized carbons (Fsp3) is 0.261. The minimum atomic E-state index is -0.503. The van der Waals surface area contributed by atoms with Gasteiger partial charge < -0.3 is 15.4 Å². The van der Waals surface area contributed by atoms with Crippen LogP contribution in [0.25, 0.3) is 10.9 Å². The van der Waals surface area contributed by atoms with Crippen molar-refractivity contribution in [3.05, 3.63) is 59.7 Å². The first-order chi connectivity index (χ1) is 15.4. The van der Waals surface area contributed by atoms with Crippen LogP contribution in [-0.2, 0) is 4.79 Å². The van der Waals surface area contributed by atoms with Crippen LogP contribution in [0.15, 0.2) is 48.8 Å². The van der Waals surface area contributed by atoms with Gasteiger partial charge in [0.25, 0.3) is 0 Å². The molecule has 1 aromatic heterocycles. The molecule has 2 N–H and O–H groups in total. The molecule has 0 aliphatic carbocycles. The first-order valence-corrected chi connectivity index (χ1v) is 10.6. The quantitative estimate of drug-likeness (QED) is 0.521. The number of anilines is 3. The van der Waals surface area contributed by atoms with Crippen LogP contribution >= 0.6 is 11.6 Å². The number of likely N-dealkylation sites (tertiary alicyclic amines) is 1. The second kappa shape index (κ2) is 9.50. The summed E-state index contributed by atoms with van der Waals surface area (Å²) in [5, 5.41) is 6.66. The van der Waals surface area contributed by atoms with E-state index in [0.29, 0.717) is 33.8 Å². The van der Waals surface area contributed by atoms with Gasteiger partial charge in [0.1, 0.15) is 23.7 Å². The van der Waals surface area contributed by atoms with Crippen LogP contribution in [0.2, 0.25) is 5.02 Å². The fourth-order valence-corrected chi connectivity index (χ4v) is 3.89. The molecule has 166 valence electrons. The molecule has 0 radical (unpaired) electrons. The van der Waals surface area contributed by atoms with Crippen LogP contribution in [0.4, 0.5) is 21.6 Å². The zero-order valence-corrected chi connectivity index (χ0v) is 18.5. The summed E-state index contributed by atoms with van der Waals surface area (Å²) in [6.07, 6.45) is 7.05. The normalized spacial score (nSPS) is 16.6. The molecule has 0 saturated carbocycles. The first kappa shape index (κ1) is 22.0. The van der Waals surface area contributed by atoms with Gasteiger partial charge in [0.2, 0.25) is 5.91 Å². The molecule has 1 aliphatic rings. The number of carbonyl (C=O) groups excluding carboxylic acids is 1. The number of halogens is 2. The van der Waals surface area contributed by atoms with Gasteiger partial charge >= 0.3 is 0 Å². The summed E-state index contributed by atoms with van der Waals surface area (Å²) in [7, 11) is 3.58. The number of nitrogens with one attached hydrogen (secondary N) is 2. The Morgan fingerprint density at radius 2 is 2.16 bits per heavy atom. The maximum Gasteiger partial charge on any atom is 0.248 e. The highest BCUT2D eigenvalue weighted by atomic mass is 35.5. The molecule has 32 heavy (non-hydrogen) atoms. The van der Waals surface area contributed by atoms with Crippen molar-refractivity contribution in [3.8, 4) is 5.75 Å². The molecule has 2 aromatic carbocycles. The Morgan fingerprint density at radius 3 is 2.88 bits per heavy atom. The molecule has 1 amide bonds. The number of ether oxygens (including phenoxy) is 1. The van der Waals surface area contributed by atoms with E-state index in [1.807, 2.05) is 6.08 Å². The number of fused-ring (bicyclic) bond motifs is 1. The van der Waals surface area contributed by atoms with E-state index in [1.165, 1.54) is 25.6 Å². The van der Waals surface area contributed by atoms with Gasteiger partial charge in [0.15, 0.2) is 0 Å². The molecule has 0 spiro atoms. The molecule has 2 heterocycles. The van der Waals surface area contributed by atoms with E-state index in [1.54, 1.807) is 24.3 Å². The fourth-order valence-electron chi connectivity index (χ4n) is 3.71. The zero-order valence-electron chi connectivity index (χ0n) is 17.7. The molecule has 1 aliphatic heterocycles. The van der Waals surface area contributed by atoms with Crippen molar-refractivity contribution in [1.82, 2.24) is 14.9 Å². The molecule has 4 rings (SSSR count). The second-order valence-corrected chi connectivity index (χ2v) is 7.99. The lowest BCUT2D eigenvalue weighted by atomic mass is 10.1. The topological polar surface area (TPSA) is 79.4 Å². The van der Waals surface area contributed by atoms with Crippen LogP contribution in [0.3, 0.4) is 0 Å². The lowest BCUT2D eigenvalue weighted by Gasteiger charge is -2.15. The number of rotatable bonds is 6. The molecule has 7 nitrogen and oxygen atoms in total. The third kappa shape index (κ3) is 4.81. The Labute approximate surface area is 190 Å². The van der Waals surface area contributed by atoms with Crippen molar-refractivity contribution in [2.75, 3.05) is 31.3 Å². The lowest BCUT2D eigenvalue weighted by Crippen LogP contribution is -2.23. The Hall–Kier alpha value is -3.23. The summed E-state index contributed by atoms with van der Waals surface area (Å²) in [5.74, 6) is 0.210. The van der Waals surface area contributed by atoms with E-state index >= 15 is 0 Å². The highest BCUT2D eigenvalue weighted by Gasteiger charge is 2.18. The Bertz CT molecular complexity index is 1190. The molecule has 3 aromatic rings. The van der Waals surface area contributed by atoms with Crippen LogP contribution < -0.4 is 15.4 Å². The lowest BCUT2D eigenvalue weighted by molar-refractivity contribution is -0.111. The maximum absolute atomic E-state index is 13.5. The van der Waals surface area contributed by atoms with Crippen LogP contribution in [0.1, 0.15) is 12.8 Å². The SMILES string of the molecule is COc1cc2ncnc(Nc3ccc(F)c(Cl)c3)c2cc1NC(=O)/C=C/[C@@H]1CCCN1C. The highest BCUT2D eigenvalue weighted by Crippen LogP contribution is 2.33. The number of nitrogens with zero attached hydrogens (tertiary/aromatic N) is 3. The third-order valence-electron chi connectivity index (χ3n) is 5.44. The summed E-state index contributed by atoms with van der Waals surface area (Å²) in [4.78, 5) is 23.4. The number of methoxy groups -OCH3 is 1. The monoisotopic (exact) mass is 455 g/mol. The minimum absolute atomic E-state index is 0.00248. The summed E-state index contributed by atoms with van der Waals surface area (Å²) in [6, 6.07) is 8.05. The molecule has 1 fully saturated rings. The molecule has 1 atom stereocenters. The van der Waals surface area contributed by atoms with Crippen LogP contribution in [-0.4, -0.2) is 47.5 Å². The number of hydrogen-bond donors (Lipinski definition) is 2. The van der Waals surface area contributed by atoms with Crippen molar-refractivity contribution in [2.24, 2.45) is 0 Å². The standard InChI is InChI=1S/C23H23ClFN5O2/c1-30-9-3-4-15(30)6-8-22(31)29-20-11-16-19(12-21(20)32-2)26-13-27-23(16)28-14-5-7-18(25)17(24)10-14/h5-8,10-13,15H,3-4,9H2,1-2H3,(H,29,31)(H,26,27,28)/b8-6+/t15-/m0/s1. The first-order valence-electron chi connectivity index (χ1n) is 10.2. The van der Waals surface area contributed by atoms with E-state index < -0.39 is 5.82 Å². The summed E-state index contributed by atoms with van der Waals surface area (Å²) in [6.45, 7) is 1.03. The van der Waals surface area contributed by atoms with E-state index in [9.17, 15) is 9.18 Å². The maximum atomic E-state index is 13.5. The number of carbonyl (C=O) groups is 1. The minimum Gasteiger partial charge on any atom is -0.494 e. The van der Waals surface area contributed by atoms with E-state index in [0.717, 1.165) is 19.4 Å². The van der Waals surface area contributed by atoms with Crippen molar-refractivity contribution in [1.29, 1.82) is 0 Å². The summed E-state index contributed by atoms with van der Waals surface area (Å²) >= 11 is 5.88. The number of benzene rings is 2. The van der Waals surface area contributed by atoms with E-state index in [4.69, 9.17) is 16.3 Å². The van der Waals surface area contributed by atoms with Gasteiger partial charge in [0.05, 0.1) is 23.3 Å². The van der Waals surface area contributed by atoms with Gasteiger partial charge in [-0.2, -0.15) is 0 Å². The molecule has 0 unspecified atom stereocenters. The van der Waals surface area contributed by atoms with Crippen LogP contribution in [0.5, 0.6) is 5.75 Å². The molecular weight excluding hydrogens is 433 g/mol. The van der Waals surface area contributed by atoms with Crippen molar-refractivity contribution >= 4 is 45.6 Å². The molecule has 0 bridgehead atoms. The van der Waals surface area contributed by atoms with E-state index in [2.05, 4.69) is 32.5 Å². The van der Waals surface area contributed by atoms with Gasteiger partial charge in [-0.1, -0.05) is 17.7 Å². The number of amides is 1. The number of hydrogen-bond acceptors (Lipinski definition) is 6. The van der Waals surface area contributed by atoms with Gasteiger partial charge in [-0.3, -0.25) is 9.69 Å². The van der Waals surface area contributed by atoms with Gasteiger partial charge in [-0.25, -0.2) is 14.4 Å². The zero-order chi connectivity index (χ0) is 22.7. The van der Waals surface area contributed by atoms with Crippen molar-refractivity contribution in [3.63, 3.8) is 0 Å². The predicted molar refractivity (Wildman–Crippen MR) is 124 cm³/mol. The average molecular weight is 456 g/mol. The highest BCUT2D eigenvalue weighted by molar-refractivity contribution is 6.31. The average Bonchev–Trinajstić information content (AvgIpc) is 3.19.